The molecule has 0 bridgehead atoms. The van der Waals surface area contributed by atoms with Crippen molar-refractivity contribution in [2.24, 2.45) is 0 Å². The standard InChI is InChI=1S/C19H16ClNO3/c1-23-18-10-9-14(20)11-16(18)21-19(22)12-24-17-8-4-6-13-5-2-3-7-15(13)17/h2-11H,12H2,1H3,(H,21,22). The van der Waals surface area contributed by atoms with Crippen LogP contribution in [0.2, 0.25) is 5.02 Å². The molecule has 0 aliphatic rings. The summed E-state index contributed by atoms with van der Waals surface area (Å²) in [6.07, 6.45) is 0. The van der Waals surface area contributed by atoms with Crippen molar-refractivity contribution >= 4 is 34.0 Å². The van der Waals surface area contributed by atoms with E-state index in [1.807, 2.05) is 42.5 Å². The molecule has 24 heavy (non-hydrogen) atoms. The molecule has 0 fully saturated rings. The first-order valence-electron chi connectivity index (χ1n) is 7.41. The Kier molecular flexibility index (Phi) is 4.87. The number of amides is 1. The molecule has 1 N–H and O–H groups in total. The monoisotopic (exact) mass is 341 g/mol. The molecule has 0 saturated heterocycles. The van der Waals surface area contributed by atoms with E-state index in [4.69, 9.17) is 21.1 Å². The molecule has 0 aromatic heterocycles. The number of anilines is 1. The summed E-state index contributed by atoms with van der Waals surface area (Å²) in [6.45, 7) is -0.107. The van der Waals surface area contributed by atoms with Crippen LogP contribution in [0.15, 0.2) is 60.7 Å². The van der Waals surface area contributed by atoms with Gasteiger partial charge in [-0.25, -0.2) is 0 Å². The van der Waals surface area contributed by atoms with Crippen molar-refractivity contribution in [1.82, 2.24) is 0 Å². The number of hydrogen-bond donors (Lipinski definition) is 1. The number of ether oxygens (including phenoxy) is 2. The van der Waals surface area contributed by atoms with Crippen LogP contribution in [0.4, 0.5) is 5.69 Å². The Balaban J connectivity index is 1.71. The second-order valence-electron chi connectivity index (χ2n) is 5.16. The summed E-state index contributed by atoms with van der Waals surface area (Å²) >= 11 is 5.96. The number of carbonyl (C=O) groups excluding carboxylic acids is 1. The van der Waals surface area contributed by atoms with Crippen LogP contribution in [0.5, 0.6) is 11.5 Å². The number of hydrogen-bond acceptors (Lipinski definition) is 3. The maximum atomic E-state index is 12.2. The molecule has 3 aromatic carbocycles. The van der Waals surface area contributed by atoms with Crippen LogP contribution in [0, 0.1) is 0 Å². The van der Waals surface area contributed by atoms with Crippen molar-refractivity contribution in [1.29, 1.82) is 0 Å². The average molecular weight is 342 g/mol. The van der Waals surface area contributed by atoms with Crippen LogP contribution in [-0.4, -0.2) is 19.6 Å². The van der Waals surface area contributed by atoms with Gasteiger partial charge in [0.05, 0.1) is 12.8 Å². The number of carbonyl (C=O) groups is 1. The van der Waals surface area contributed by atoms with Gasteiger partial charge in [-0.3, -0.25) is 4.79 Å². The Bertz CT molecular complexity index is 874. The first-order valence-corrected chi connectivity index (χ1v) is 7.79. The second kappa shape index (κ2) is 7.23. The van der Waals surface area contributed by atoms with E-state index in [9.17, 15) is 4.79 Å². The zero-order chi connectivity index (χ0) is 16.9. The van der Waals surface area contributed by atoms with Gasteiger partial charge >= 0.3 is 0 Å². The number of fused-ring (bicyclic) bond motifs is 1. The smallest absolute Gasteiger partial charge is 0.262 e. The van der Waals surface area contributed by atoms with Crippen LogP contribution in [0.1, 0.15) is 0 Å². The highest BCUT2D eigenvalue weighted by molar-refractivity contribution is 6.31. The maximum Gasteiger partial charge on any atom is 0.262 e. The van der Waals surface area contributed by atoms with Crippen molar-refractivity contribution < 1.29 is 14.3 Å². The predicted molar refractivity (Wildman–Crippen MR) is 96.1 cm³/mol. The number of methoxy groups -OCH3 is 1. The molecule has 0 aliphatic heterocycles. The molecular formula is C19H16ClNO3. The van der Waals surface area contributed by atoms with E-state index >= 15 is 0 Å². The van der Waals surface area contributed by atoms with Gasteiger partial charge < -0.3 is 14.8 Å². The fourth-order valence-electron chi connectivity index (χ4n) is 2.43. The van der Waals surface area contributed by atoms with Gasteiger partial charge in [0.2, 0.25) is 0 Å². The highest BCUT2D eigenvalue weighted by Gasteiger charge is 2.10. The molecule has 0 radical (unpaired) electrons. The number of nitrogens with one attached hydrogen (secondary N) is 1. The highest BCUT2D eigenvalue weighted by Crippen LogP contribution is 2.28. The Morgan fingerprint density at radius 3 is 2.67 bits per heavy atom. The van der Waals surface area contributed by atoms with Crippen molar-refractivity contribution in [2.75, 3.05) is 19.0 Å². The third kappa shape index (κ3) is 3.60. The summed E-state index contributed by atoms with van der Waals surface area (Å²) in [5.41, 5.74) is 0.511. The minimum atomic E-state index is -0.288. The van der Waals surface area contributed by atoms with Gasteiger partial charge in [0.15, 0.2) is 6.61 Å². The van der Waals surface area contributed by atoms with Crippen molar-refractivity contribution in [3.05, 3.63) is 65.7 Å². The van der Waals surface area contributed by atoms with Crippen LogP contribution in [0.25, 0.3) is 10.8 Å². The molecule has 0 atom stereocenters. The predicted octanol–water partition coefficient (Wildman–Crippen LogP) is 4.52. The first kappa shape index (κ1) is 16.1. The normalized spacial score (nSPS) is 10.4. The van der Waals surface area contributed by atoms with Crippen molar-refractivity contribution in [2.45, 2.75) is 0 Å². The lowest BCUT2D eigenvalue weighted by Gasteiger charge is -2.12. The largest absolute Gasteiger partial charge is 0.495 e. The molecule has 122 valence electrons. The minimum Gasteiger partial charge on any atom is -0.495 e. The zero-order valence-corrected chi connectivity index (χ0v) is 13.8. The fourth-order valence-corrected chi connectivity index (χ4v) is 2.60. The minimum absolute atomic E-state index is 0.107. The maximum absolute atomic E-state index is 12.2. The lowest BCUT2D eigenvalue weighted by Crippen LogP contribution is -2.20. The Labute approximate surface area is 145 Å². The van der Waals surface area contributed by atoms with Crippen LogP contribution in [-0.2, 0) is 4.79 Å². The third-order valence-electron chi connectivity index (χ3n) is 3.54. The molecule has 0 saturated carbocycles. The topological polar surface area (TPSA) is 47.6 Å². The molecule has 5 heteroatoms. The number of rotatable bonds is 5. The van der Waals surface area contributed by atoms with Gasteiger partial charge in [-0.05, 0) is 29.7 Å². The molecule has 3 aromatic rings. The Morgan fingerprint density at radius 2 is 1.83 bits per heavy atom. The van der Waals surface area contributed by atoms with Gasteiger partial charge in [0.25, 0.3) is 5.91 Å². The van der Waals surface area contributed by atoms with E-state index in [1.54, 1.807) is 18.2 Å². The molecule has 0 heterocycles. The van der Waals surface area contributed by atoms with Gasteiger partial charge in [-0.1, -0.05) is 48.0 Å². The van der Waals surface area contributed by atoms with Gasteiger partial charge in [-0.15, -0.1) is 0 Å². The SMILES string of the molecule is COc1ccc(Cl)cc1NC(=O)COc1cccc2ccccc12. The summed E-state index contributed by atoms with van der Waals surface area (Å²) in [7, 11) is 1.53. The van der Waals surface area contributed by atoms with Crippen LogP contribution < -0.4 is 14.8 Å². The molecule has 0 aliphatic carbocycles. The van der Waals surface area contributed by atoms with Gasteiger partial charge in [0.1, 0.15) is 11.5 Å². The summed E-state index contributed by atoms with van der Waals surface area (Å²) in [4.78, 5) is 12.2. The molecule has 4 nitrogen and oxygen atoms in total. The Morgan fingerprint density at radius 1 is 1.04 bits per heavy atom. The highest BCUT2D eigenvalue weighted by atomic mass is 35.5. The molecule has 0 unspecified atom stereocenters. The van der Waals surface area contributed by atoms with E-state index in [-0.39, 0.29) is 12.5 Å². The van der Waals surface area contributed by atoms with E-state index in [0.717, 1.165) is 10.8 Å². The molecular weight excluding hydrogens is 326 g/mol. The summed E-state index contributed by atoms with van der Waals surface area (Å²) in [5.74, 6) is 0.919. The summed E-state index contributed by atoms with van der Waals surface area (Å²) < 4.78 is 10.9. The summed E-state index contributed by atoms with van der Waals surface area (Å²) in [6, 6.07) is 18.6. The first-order chi connectivity index (χ1) is 11.7. The average Bonchev–Trinajstić information content (AvgIpc) is 2.60. The third-order valence-corrected chi connectivity index (χ3v) is 3.78. The quantitative estimate of drug-likeness (QED) is 0.742. The number of benzene rings is 3. The van der Waals surface area contributed by atoms with E-state index < -0.39 is 0 Å². The second-order valence-corrected chi connectivity index (χ2v) is 5.60. The van der Waals surface area contributed by atoms with Crippen LogP contribution >= 0.6 is 11.6 Å². The zero-order valence-electron chi connectivity index (χ0n) is 13.1. The van der Waals surface area contributed by atoms with Crippen molar-refractivity contribution in [3.63, 3.8) is 0 Å². The lowest BCUT2D eigenvalue weighted by atomic mass is 10.1. The van der Waals surface area contributed by atoms with E-state index in [0.29, 0.717) is 22.2 Å². The fraction of sp³-hybridized carbons (Fsp3) is 0.105. The molecule has 3 rings (SSSR count). The van der Waals surface area contributed by atoms with Gasteiger partial charge in [0, 0.05) is 10.4 Å². The van der Waals surface area contributed by atoms with Gasteiger partial charge in [-0.2, -0.15) is 0 Å². The van der Waals surface area contributed by atoms with Crippen molar-refractivity contribution in [3.8, 4) is 11.5 Å². The van der Waals surface area contributed by atoms with E-state index in [1.165, 1.54) is 7.11 Å². The molecule has 1 amide bonds. The van der Waals surface area contributed by atoms with E-state index in [2.05, 4.69) is 5.32 Å². The number of halogens is 1. The summed E-state index contributed by atoms with van der Waals surface area (Å²) in [5, 5.41) is 5.29. The Hall–Kier alpha value is -2.72. The van der Waals surface area contributed by atoms with Crippen LogP contribution in [0.3, 0.4) is 0 Å². The molecule has 0 spiro atoms. The lowest BCUT2D eigenvalue weighted by molar-refractivity contribution is -0.118.